The van der Waals surface area contributed by atoms with Gasteiger partial charge in [-0.2, -0.15) is 0 Å². The molecular weight excluding hydrogens is 228 g/mol. The maximum absolute atomic E-state index is 11.5. The van der Waals surface area contributed by atoms with Crippen molar-refractivity contribution in [3.8, 4) is 0 Å². The van der Waals surface area contributed by atoms with E-state index < -0.39 is 0 Å². The van der Waals surface area contributed by atoms with Crippen LogP contribution >= 0.6 is 0 Å². The van der Waals surface area contributed by atoms with Crippen LogP contribution in [0.5, 0.6) is 0 Å². The Hall–Kier alpha value is -1.81. The van der Waals surface area contributed by atoms with E-state index in [0.717, 1.165) is 16.8 Å². The van der Waals surface area contributed by atoms with Crippen LogP contribution in [0.4, 0.5) is 10.5 Å². The lowest BCUT2D eigenvalue weighted by Gasteiger charge is -2.08. The number of hydrogen-bond acceptors (Lipinski definition) is 2. The van der Waals surface area contributed by atoms with Crippen LogP contribution in [0, 0.1) is 0 Å². The molecule has 0 aliphatic rings. The van der Waals surface area contributed by atoms with Crippen LogP contribution in [-0.2, 0) is 11.3 Å². The zero-order valence-electron chi connectivity index (χ0n) is 11.0. The molecule has 2 N–H and O–H groups in total. The third kappa shape index (κ3) is 5.50. The molecule has 0 atom stereocenters. The summed E-state index contributed by atoms with van der Waals surface area (Å²) in [6.45, 7) is 9.32. The minimum absolute atomic E-state index is 0.226. The van der Waals surface area contributed by atoms with Crippen molar-refractivity contribution < 1.29 is 9.53 Å². The highest BCUT2D eigenvalue weighted by Gasteiger charge is 2.01. The fourth-order valence-electron chi connectivity index (χ4n) is 1.31. The van der Waals surface area contributed by atoms with E-state index in [9.17, 15) is 4.79 Å². The van der Waals surface area contributed by atoms with Gasteiger partial charge in [-0.25, -0.2) is 4.79 Å². The average Bonchev–Trinajstić information content (AvgIpc) is 2.35. The number of amides is 2. The summed E-state index contributed by atoms with van der Waals surface area (Å²) >= 11 is 0. The minimum Gasteiger partial charge on any atom is -0.377 e. The molecule has 0 radical (unpaired) electrons. The van der Waals surface area contributed by atoms with E-state index in [1.807, 2.05) is 38.1 Å². The average molecular weight is 248 g/mol. The Balaban J connectivity index is 2.42. The first-order chi connectivity index (χ1) is 8.61. The largest absolute Gasteiger partial charge is 0.377 e. The number of carbonyl (C=O) groups excluding carboxylic acids is 1. The molecule has 0 aliphatic carbocycles. The van der Waals surface area contributed by atoms with Gasteiger partial charge in [0.1, 0.15) is 0 Å². The summed E-state index contributed by atoms with van der Waals surface area (Å²) in [6, 6.07) is 7.35. The van der Waals surface area contributed by atoms with Crippen molar-refractivity contribution in [2.24, 2.45) is 0 Å². The van der Waals surface area contributed by atoms with E-state index in [-0.39, 0.29) is 6.03 Å². The van der Waals surface area contributed by atoms with Gasteiger partial charge in [-0.15, -0.1) is 0 Å². The van der Waals surface area contributed by atoms with E-state index in [4.69, 9.17) is 4.74 Å². The van der Waals surface area contributed by atoms with E-state index in [0.29, 0.717) is 19.8 Å². The van der Waals surface area contributed by atoms with Crippen LogP contribution in [0.3, 0.4) is 0 Å². The van der Waals surface area contributed by atoms with Crippen molar-refractivity contribution >= 4 is 11.7 Å². The molecule has 0 aliphatic heterocycles. The summed E-state index contributed by atoms with van der Waals surface area (Å²) < 4.78 is 5.30. The quantitative estimate of drug-likeness (QED) is 0.760. The van der Waals surface area contributed by atoms with Gasteiger partial charge in [-0.1, -0.05) is 24.3 Å². The number of rotatable bonds is 6. The number of carbonyl (C=O) groups is 1. The Labute approximate surface area is 108 Å². The van der Waals surface area contributed by atoms with Gasteiger partial charge in [0.05, 0.1) is 6.61 Å². The molecule has 1 aromatic rings. The number of hydrogen-bond donors (Lipinski definition) is 2. The van der Waals surface area contributed by atoms with Gasteiger partial charge in [0, 0.05) is 18.8 Å². The Morgan fingerprint density at radius 2 is 2.00 bits per heavy atom. The van der Waals surface area contributed by atoms with Crippen molar-refractivity contribution in [3.05, 3.63) is 42.0 Å². The standard InChI is InChI=1S/C14H20N2O2/c1-4-18-10-12-5-7-13(8-6-12)16-14(17)15-9-11(2)3/h5-8H,2,4,9-10H2,1,3H3,(H2,15,16,17). The lowest BCUT2D eigenvalue weighted by atomic mass is 10.2. The van der Waals surface area contributed by atoms with Crippen LogP contribution in [0.1, 0.15) is 19.4 Å². The van der Waals surface area contributed by atoms with E-state index in [2.05, 4.69) is 17.2 Å². The summed E-state index contributed by atoms with van der Waals surface area (Å²) in [5.41, 5.74) is 2.76. The van der Waals surface area contributed by atoms with Crippen LogP contribution in [0.15, 0.2) is 36.4 Å². The van der Waals surface area contributed by atoms with Crippen LogP contribution < -0.4 is 10.6 Å². The molecule has 0 saturated carbocycles. The van der Waals surface area contributed by atoms with E-state index in [1.165, 1.54) is 0 Å². The Morgan fingerprint density at radius 1 is 1.33 bits per heavy atom. The van der Waals surface area contributed by atoms with Crippen LogP contribution in [0.2, 0.25) is 0 Å². The van der Waals surface area contributed by atoms with Gasteiger partial charge in [-0.3, -0.25) is 0 Å². The molecular formula is C14H20N2O2. The lowest BCUT2D eigenvalue weighted by molar-refractivity contribution is 0.134. The maximum atomic E-state index is 11.5. The van der Waals surface area contributed by atoms with Gasteiger partial charge in [0.2, 0.25) is 0 Å². The molecule has 0 fully saturated rings. The lowest BCUT2D eigenvalue weighted by Crippen LogP contribution is -2.29. The molecule has 0 unspecified atom stereocenters. The first-order valence-electron chi connectivity index (χ1n) is 5.97. The van der Waals surface area contributed by atoms with Gasteiger partial charge in [0.15, 0.2) is 0 Å². The van der Waals surface area contributed by atoms with E-state index >= 15 is 0 Å². The molecule has 0 spiro atoms. The highest BCUT2D eigenvalue weighted by Crippen LogP contribution is 2.10. The van der Waals surface area contributed by atoms with Crippen molar-refractivity contribution in [1.82, 2.24) is 5.32 Å². The molecule has 0 aromatic heterocycles. The van der Waals surface area contributed by atoms with Gasteiger partial charge >= 0.3 is 6.03 Å². The third-order valence-corrected chi connectivity index (χ3v) is 2.24. The number of anilines is 1. The second-order valence-electron chi connectivity index (χ2n) is 4.10. The molecule has 2 amide bonds. The molecule has 1 aromatic carbocycles. The van der Waals surface area contributed by atoms with Crippen molar-refractivity contribution in [2.75, 3.05) is 18.5 Å². The minimum atomic E-state index is -0.226. The molecule has 18 heavy (non-hydrogen) atoms. The SMILES string of the molecule is C=C(C)CNC(=O)Nc1ccc(COCC)cc1. The molecule has 0 bridgehead atoms. The van der Waals surface area contributed by atoms with E-state index in [1.54, 1.807) is 0 Å². The van der Waals surface area contributed by atoms with Crippen molar-refractivity contribution in [3.63, 3.8) is 0 Å². The monoisotopic (exact) mass is 248 g/mol. The predicted octanol–water partition coefficient (Wildman–Crippen LogP) is 2.92. The summed E-state index contributed by atoms with van der Waals surface area (Å²) in [5.74, 6) is 0. The highest BCUT2D eigenvalue weighted by molar-refractivity contribution is 5.89. The predicted molar refractivity (Wildman–Crippen MR) is 73.6 cm³/mol. The number of nitrogens with one attached hydrogen (secondary N) is 2. The second-order valence-corrected chi connectivity index (χ2v) is 4.10. The maximum Gasteiger partial charge on any atom is 0.319 e. The normalized spacial score (nSPS) is 9.89. The zero-order chi connectivity index (χ0) is 13.4. The van der Waals surface area contributed by atoms with Gasteiger partial charge in [0.25, 0.3) is 0 Å². The van der Waals surface area contributed by atoms with Gasteiger partial charge < -0.3 is 15.4 Å². The summed E-state index contributed by atoms with van der Waals surface area (Å²) in [5, 5.41) is 5.45. The molecule has 1 rings (SSSR count). The third-order valence-electron chi connectivity index (χ3n) is 2.24. The first kappa shape index (κ1) is 14.3. The molecule has 4 nitrogen and oxygen atoms in total. The fourth-order valence-corrected chi connectivity index (χ4v) is 1.31. The Bertz CT molecular complexity index is 399. The summed E-state index contributed by atoms with van der Waals surface area (Å²) in [4.78, 5) is 11.5. The highest BCUT2D eigenvalue weighted by atomic mass is 16.5. The first-order valence-corrected chi connectivity index (χ1v) is 5.97. The van der Waals surface area contributed by atoms with Crippen molar-refractivity contribution in [2.45, 2.75) is 20.5 Å². The number of ether oxygens (including phenoxy) is 1. The zero-order valence-corrected chi connectivity index (χ0v) is 11.0. The topological polar surface area (TPSA) is 50.4 Å². The van der Waals surface area contributed by atoms with Crippen LogP contribution in [0.25, 0.3) is 0 Å². The molecule has 0 saturated heterocycles. The molecule has 0 heterocycles. The Kier molecular flexibility index (Phi) is 5.94. The molecule has 4 heteroatoms. The number of benzene rings is 1. The second kappa shape index (κ2) is 7.50. The Morgan fingerprint density at radius 3 is 2.56 bits per heavy atom. The molecule has 98 valence electrons. The summed E-state index contributed by atoms with van der Waals surface area (Å²) in [7, 11) is 0. The smallest absolute Gasteiger partial charge is 0.319 e. The fraction of sp³-hybridized carbons (Fsp3) is 0.357. The number of urea groups is 1. The van der Waals surface area contributed by atoms with Gasteiger partial charge in [-0.05, 0) is 31.5 Å². The van der Waals surface area contributed by atoms with Crippen LogP contribution in [-0.4, -0.2) is 19.2 Å². The summed E-state index contributed by atoms with van der Waals surface area (Å²) in [6.07, 6.45) is 0. The van der Waals surface area contributed by atoms with Crippen molar-refractivity contribution in [1.29, 1.82) is 0 Å².